The highest BCUT2D eigenvalue weighted by atomic mass is 79.9. The van der Waals surface area contributed by atoms with Crippen molar-refractivity contribution >= 4 is 44.0 Å². The fourth-order valence-corrected chi connectivity index (χ4v) is 3.37. The van der Waals surface area contributed by atoms with Crippen molar-refractivity contribution in [2.24, 2.45) is 0 Å². The van der Waals surface area contributed by atoms with Crippen molar-refractivity contribution in [3.8, 4) is 5.75 Å². The summed E-state index contributed by atoms with van der Waals surface area (Å²) in [7, 11) is 3.55. The van der Waals surface area contributed by atoms with E-state index in [1.807, 2.05) is 36.2 Å². The largest absolute Gasteiger partial charge is 0.497 e. The number of carbonyl (C=O) groups is 1. The van der Waals surface area contributed by atoms with Crippen molar-refractivity contribution in [3.05, 3.63) is 57.0 Å². The van der Waals surface area contributed by atoms with Crippen LogP contribution in [0, 0.1) is 0 Å². The molecule has 0 spiro atoms. The molecule has 1 aliphatic rings. The Morgan fingerprint density at radius 3 is 2.41 bits per heavy atom. The SMILES string of the molecule is CNc1cccc(OC)c1.O=CN1CCN(Cc2ccc(Br)c(Br)c2)CC1. The summed E-state index contributed by atoms with van der Waals surface area (Å²) in [6.45, 7) is 4.51. The van der Waals surface area contributed by atoms with Crippen LogP contribution in [0.15, 0.2) is 51.4 Å². The lowest BCUT2D eigenvalue weighted by Gasteiger charge is -2.32. The lowest BCUT2D eigenvalue weighted by molar-refractivity contribution is -0.119. The predicted molar refractivity (Wildman–Crippen MR) is 117 cm³/mol. The summed E-state index contributed by atoms with van der Waals surface area (Å²) < 4.78 is 7.18. The molecule has 0 bridgehead atoms. The van der Waals surface area contributed by atoms with Crippen LogP contribution in [0.4, 0.5) is 5.69 Å². The van der Waals surface area contributed by atoms with Crippen LogP contribution in [0.25, 0.3) is 0 Å². The highest BCUT2D eigenvalue weighted by Gasteiger charge is 2.15. The molecule has 2 aromatic carbocycles. The molecular weight excluding hydrogens is 474 g/mol. The molecule has 0 radical (unpaired) electrons. The summed E-state index contributed by atoms with van der Waals surface area (Å²) in [5.74, 6) is 0.881. The molecule has 0 saturated carbocycles. The van der Waals surface area contributed by atoms with Gasteiger partial charge in [0.05, 0.1) is 7.11 Å². The van der Waals surface area contributed by atoms with Gasteiger partial charge in [0, 0.05) is 60.5 Å². The van der Waals surface area contributed by atoms with E-state index in [9.17, 15) is 4.79 Å². The minimum atomic E-state index is 0.835. The van der Waals surface area contributed by atoms with E-state index in [-0.39, 0.29) is 0 Å². The zero-order valence-electron chi connectivity index (χ0n) is 15.6. The second-order valence-corrected chi connectivity index (χ2v) is 7.86. The van der Waals surface area contributed by atoms with Crippen LogP contribution >= 0.6 is 31.9 Å². The fraction of sp³-hybridized carbons (Fsp3) is 0.350. The van der Waals surface area contributed by atoms with Crippen LogP contribution in [0.2, 0.25) is 0 Å². The molecule has 7 heteroatoms. The Bertz CT molecular complexity index is 716. The number of methoxy groups -OCH3 is 1. The molecule has 5 nitrogen and oxygen atoms in total. The Hall–Kier alpha value is -1.57. The van der Waals surface area contributed by atoms with E-state index < -0.39 is 0 Å². The van der Waals surface area contributed by atoms with Gasteiger partial charge in [-0.2, -0.15) is 0 Å². The molecule has 1 saturated heterocycles. The van der Waals surface area contributed by atoms with Gasteiger partial charge in [-0.1, -0.05) is 12.1 Å². The van der Waals surface area contributed by atoms with Crippen LogP contribution < -0.4 is 10.1 Å². The number of ether oxygens (including phenoxy) is 1. The third kappa shape index (κ3) is 7.16. The smallest absolute Gasteiger partial charge is 0.209 e. The third-order valence-corrected chi connectivity index (χ3v) is 6.18. The summed E-state index contributed by atoms with van der Waals surface area (Å²) in [6, 6.07) is 14.1. The molecule has 1 N–H and O–H groups in total. The topological polar surface area (TPSA) is 44.8 Å². The van der Waals surface area contributed by atoms with E-state index in [0.29, 0.717) is 0 Å². The number of nitrogens with one attached hydrogen (secondary N) is 1. The number of rotatable bonds is 5. The van der Waals surface area contributed by atoms with E-state index in [1.54, 1.807) is 7.11 Å². The first-order chi connectivity index (χ1) is 13.0. The average molecular weight is 499 g/mol. The molecule has 3 rings (SSSR count). The minimum Gasteiger partial charge on any atom is -0.497 e. The number of anilines is 1. The fourth-order valence-electron chi connectivity index (χ4n) is 2.70. The second kappa shape index (κ2) is 11.3. The van der Waals surface area contributed by atoms with E-state index >= 15 is 0 Å². The zero-order valence-corrected chi connectivity index (χ0v) is 18.8. The summed E-state index contributed by atoms with van der Waals surface area (Å²) in [5, 5.41) is 3.02. The van der Waals surface area contributed by atoms with Gasteiger partial charge in [-0.3, -0.25) is 9.69 Å². The van der Waals surface area contributed by atoms with Gasteiger partial charge < -0.3 is 15.0 Å². The highest BCUT2D eigenvalue weighted by Crippen LogP contribution is 2.24. The Morgan fingerprint density at radius 1 is 1.07 bits per heavy atom. The molecule has 0 unspecified atom stereocenters. The van der Waals surface area contributed by atoms with Crippen molar-refractivity contribution < 1.29 is 9.53 Å². The second-order valence-electron chi connectivity index (χ2n) is 6.15. The van der Waals surface area contributed by atoms with Gasteiger partial charge in [0.2, 0.25) is 6.41 Å². The molecule has 1 fully saturated rings. The number of halogens is 2. The predicted octanol–water partition coefficient (Wildman–Crippen LogP) is 4.22. The van der Waals surface area contributed by atoms with Crippen LogP contribution in [-0.4, -0.2) is 56.5 Å². The van der Waals surface area contributed by atoms with Gasteiger partial charge in [-0.25, -0.2) is 0 Å². The summed E-state index contributed by atoms with van der Waals surface area (Å²) in [6.07, 6.45) is 0.938. The Balaban J connectivity index is 0.000000223. The molecule has 1 amide bonds. The number of nitrogens with zero attached hydrogens (tertiary/aromatic N) is 2. The normalized spacial score (nSPS) is 14.1. The Morgan fingerprint density at radius 2 is 1.81 bits per heavy atom. The van der Waals surface area contributed by atoms with Gasteiger partial charge in [-0.15, -0.1) is 0 Å². The van der Waals surface area contributed by atoms with Crippen molar-refractivity contribution in [3.63, 3.8) is 0 Å². The van der Waals surface area contributed by atoms with Crippen molar-refractivity contribution in [1.29, 1.82) is 0 Å². The molecule has 27 heavy (non-hydrogen) atoms. The van der Waals surface area contributed by atoms with Crippen LogP contribution in [0.3, 0.4) is 0 Å². The number of hydrogen-bond donors (Lipinski definition) is 1. The highest BCUT2D eigenvalue weighted by molar-refractivity contribution is 9.13. The molecule has 146 valence electrons. The van der Waals surface area contributed by atoms with E-state index in [2.05, 4.69) is 60.3 Å². The number of piperazine rings is 1. The van der Waals surface area contributed by atoms with E-state index in [1.165, 1.54) is 5.56 Å². The van der Waals surface area contributed by atoms with Gasteiger partial charge >= 0.3 is 0 Å². The lowest BCUT2D eigenvalue weighted by atomic mass is 10.2. The standard InChI is InChI=1S/C12H14Br2N2O.C8H11NO/c13-11-2-1-10(7-12(11)14)8-15-3-5-16(9-17)6-4-15;1-9-7-4-3-5-8(6-7)10-2/h1-2,7,9H,3-6,8H2;3-6,9H,1-2H3. The molecular formula is C20H25Br2N3O2. The van der Waals surface area contributed by atoms with Crippen LogP contribution in [0.5, 0.6) is 5.75 Å². The molecule has 1 heterocycles. The van der Waals surface area contributed by atoms with Gasteiger partial charge in [-0.05, 0) is 61.7 Å². The molecule has 1 aliphatic heterocycles. The minimum absolute atomic E-state index is 0.835. The monoisotopic (exact) mass is 497 g/mol. The zero-order chi connectivity index (χ0) is 19.6. The number of benzene rings is 2. The van der Waals surface area contributed by atoms with E-state index in [0.717, 1.165) is 59.5 Å². The number of carbonyl (C=O) groups excluding carboxylic acids is 1. The van der Waals surface area contributed by atoms with Crippen molar-refractivity contribution in [2.45, 2.75) is 6.54 Å². The summed E-state index contributed by atoms with van der Waals surface area (Å²) >= 11 is 6.98. The number of hydrogen-bond acceptors (Lipinski definition) is 4. The summed E-state index contributed by atoms with van der Waals surface area (Å²) in [5.41, 5.74) is 2.36. The summed E-state index contributed by atoms with van der Waals surface area (Å²) in [4.78, 5) is 14.8. The maximum Gasteiger partial charge on any atom is 0.209 e. The maximum atomic E-state index is 10.6. The first-order valence-corrected chi connectivity index (χ1v) is 10.3. The molecule has 0 aromatic heterocycles. The Labute approximate surface area is 177 Å². The average Bonchev–Trinajstić information content (AvgIpc) is 2.72. The lowest BCUT2D eigenvalue weighted by Crippen LogP contribution is -2.45. The van der Waals surface area contributed by atoms with Crippen LogP contribution in [-0.2, 0) is 11.3 Å². The van der Waals surface area contributed by atoms with Gasteiger partial charge in [0.1, 0.15) is 5.75 Å². The van der Waals surface area contributed by atoms with E-state index in [4.69, 9.17) is 4.74 Å². The van der Waals surface area contributed by atoms with Gasteiger partial charge in [0.25, 0.3) is 0 Å². The van der Waals surface area contributed by atoms with Crippen LogP contribution in [0.1, 0.15) is 5.56 Å². The third-order valence-electron chi connectivity index (χ3n) is 4.30. The first kappa shape index (κ1) is 21.7. The number of amides is 1. The quantitative estimate of drug-likeness (QED) is 0.627. The van der Waals surface area contributed by atoms with Crippen molar-refractivity contribution in [2.75, 3.05) is 45.7 Å². The molecule has 0 atom stereocenters. The maximum absolute atomic E-state index is 10.6. The Kier molecular flexibility index (Phi) is 9.10. The molecule has 0 aliphatic carbocycles. The van der Waals surface area contributed by atoms with Crippen molar-refractivity contribution in [1.82, 2.24) is 9.80 Å². The molecule has 2 aromatic rings. The first-order valence-electron chi connectivity index (χ1n) is 8.73. The van der Waals surface area contributed by atoms with Gasteiger partial charge in [0.15, 0.2) is 0 Å².